The molecule has 0 heterocycles. The molecule has 360 valence electrons. The van der Waals surface area contributed by atoms with Crippen LogP contribution in [0, 0.1) is 0 Å². The van der Waals surface area contributed by atoms with E-state index >= 15 is 0 Å². The molecule has 0 spiro atoms. The lowest BCUT2D eigenvalue weighted by atomic mass is 10.0. The maximum Gasteiger partial charge on any atom is 0.306 e. The predicted molar refractivity (Wildman–Crippen MR) is 277 cm³/mol. The summed E-state index contributed by atoms with van der Waals surface area (Å²) in [5, 5.41) is 23.7. The fourth-order valence-electron chi connectivity index (χ4n) is 6.85. The van der Waals surface area contributed by atoms with Crippen LogP contribution in [0.25, 0.3) is 0 Å². The van der Waals surface area contributed by atoms with Crippen molar-refractivity contribution in [1.82, 2.24) is 5.32 Å². The third kappa shape index (κ3) is 44.6. The summed E-state index contributed by atoms with van der Waals surface area (Å²) in [6.45, 7) is 6.17. The molecule has 3 atom stereocenters. The normalized spacial score (nSPS) is 14.4. The molecule has 1 amide bonds. The molecule has 0 aromatic heterocycles. The number of unbranched alkanes of at least 4 members (excludes halogenated alkanes) is 14. The van der Waals surface area contributed by atoms with Crippen LogP contribution in [0.5, 0.6) is 0 Å². The van der Waals surface area contributed by atoms with Crippen LogP contribution in [0.15, 0.2) is 134 Å². The van der Waals surface area contributed by atoms with Gasteiger partial charge >= 0.3 is 5.97 Å². The summed E-state index contributed by atoms with van der Waals surface area (Å²) in [7, 11) is 0. The lowest BCUT2D eigenvalue weighted by molar-refractivity contribution is -0.151. The zero-order valence-electron chi connectivity index (χ0n) is 40.9. The van der Waals surface area contributed by atoms with E-state index in [-0.39, 0.29) is 24.9 Å². The second-order valence-corrected chi connectivity index (χ2v) is 16.6. The van der Waals surface area contributed by atoms with E-state index in [0.29, 0.717) is 19.3 Å². The van der Waals surface area contributed by atoms with Crippen LogP contribution in [0.1, 0.15) is 194 Å². The SMILES string of the molecule is CC\C=C/C=C/C=C/C=C\C=C\C=C\CCCC(CC(=O)NC(CO)C(O)CCCCCCCCCCCCC)OC(=O)CCCCC/C=C\C/C=C\C/C=C\C/C=C\C/C=C\CC. The van der Waals surface area contributed by atoms with Gasteiger partial charge in [0.15, 0.2) is 0 Å². The molecule has 0 fully saturated rings. The minimum absolute atomic E-state index is 0.00346. The molecule has 0 rings (SSSR count). The summed E-state index contributed by atoms with van der Waals surface area (Å²) in [5.41, 5.74) is 0. The van der Waals surface area contributed by atoms with Gasteiger partial charge in [-0.05, 0) is 83.5 Å². The van der Waals surface area contributed by atoms with Crippen LogP contribution in [-0.4, -0.2) is 46.9 Å². The molecular formula is C58H93NO5. The molecule has 0 aliphatic rings. The first kappa shape index (κ1) is 60.0. The molecule has 0 saturated carbocycles. The monoisotopic (exact) mass is 884 g/mol. The van der Waals surface area contributed by atoms with Gasteiger partial charge in [-0.2, -0.15) is 0 Å². The summed E-state index contributed by atoms with van der Waals surface area (Å²) in [4.78, 5) is 26.1. The van der Waals surface area contributed by atoms with Crippen molar-refractivity contribution in [3.8, 4) is 0 Å². The Labute approximate surface area is 393 Å². The lowest BCUT2D eigenvalue weighted by Crippen LogP contribution is -2.46. The number of hydrogen-bond acceptors (Lipinski definition) is 5. The van der Waals surface area contributed by atoms with Gasteiger partial charge in [-0.25, -0.2) is 0 Å². The number of ether oxygens (including phenoxy) is 1. The number of carbonyl (C=O) groups is 2. The van der Waals surface area contributed by atoms with E-state index in [1.807, 2.05) is 60.8 Å². The summed E-state index contributed by atoms with van der Waals surface area (Å²) in [5.74, 6) is -0.603. The molecule has 0 radical (unpaired) electrons. The van der Waals surface area contributed by atoms with Gasteiger partial charge in [-0.3, -0.25) is 9.59 Å². The van der Waals surface area contributed by atoms with E-state index in [4.69, 9.17) is 4.74 Å². The van der Waals surface area contributed by atoms with E-state index in [1.54, 1.807) is 0 Å². The van der Waals surface area contributed by atoms with Gasteiger partial charge in [-0.1, -0.05) is 231 Å². The number of nitrogens with one attached hydrogen (secondary N) is 1. The van der Waals surface area contributed by atoms with Crippen molar-refractivity contribution < 1.29 is 24.5 Å². The minimum Gasteiger partial charge on any atom is -0.462 e. The number of allylic oxidation sites excluding steroid dienone is 22. The van der Waals surface area contributed by atoms with Crippen molar-refractivity contribution in [2.24, 2.45) is 0 Å². The van der Waals surface area contributed by atoms with Gasteiger partial charge in [0, 0.05) is 6.42 Å². The van der Waals surface area contributed by atoms with Crippen molar-refractivity contribution in [3.05, 3.63) is 134 Å². The molecule has 0 bridgehead atoms. The molecule has 64 heavy (non-hydrogen) atoms. The fraction of sp³-hybridized carbons (Fsp3) is 0.586. The van der Waals surface area contributed by atoms with Gasteiger partial charge in [0.2, 0.25) is 5.91 Å². The van der Waals surface area contributed by atoms with Crippen molar-refractivity contribution in [1.29, 1.82) is 0 Å². The van der Waals surface area contributed by atoms with E-state index in [0.717, 1.165) is 96.3 Å². The Hall–Kier alpha value is -4.00. The standard InChI is InChI=1S/C58H93NO5/c1-4-7-10-13-16-19-22-24-26-27-28-29-31-33-36-39-42-45-48-51-58(63)64-54(49-46-43-40-37-35-32-30-25-23-20-17-14-11-8-5-2)52-57(62)59-55(53-60)56(61)50-47-44-41-38-34-21-18-15-12-9-6-3/h7-8,10-11,14,16-17,19-20,23-26,28-30,32-33,35-37,40,54-56,60-61H,4-6,9,12-13,15,18,21-22,27,31,34,38-39,41-53H2,1-3H3,(H,59,62)/b10-7-,11-8-,17-14+,19-16-,23-20+,26-24-,29-28-,30-25-,35-32+,36-33-,40-37+. The lowest BCUT2D eigenvalue weighted by Gasteiger charge is -2.24. The first-order valence-electron chi connectivity index (χ1n) is 25.5. The Bertz CT molecular complexity index is 1410. The van der Waals surface area contributed by atoms with Crippen molar-refractivity contribution in [2.75, 3.05) is 6.61 Å². The Morgan fingerprint density at radius 3 is 1.47 bits per heavy atom. The summed E-state index contributed by atoms with van der Waals surface area (Å²) in [6, 6.07) is -0.742. The number of aliphatic hydroxyl groups excluding tert-OH is 2. The van der Waals surface area contributed by atoms with Crippen molar-refractivity contribution >= 4 is 11.9 Å². The highest BCUT2D eigenvalue weighted by Crippen LogP contribution is 2.16. The van der Waals surface area contributed by atoms with Gasteiger partial charge in [-0.15, -0.1) is 0 Å². The quantitative estimate of drug-likeness (QED) is 0.0245. The van der Waals surface area contributed by atoms with E-state index in [9.17, 15) is 19.8 Å². The van der Waals surface area contributed by atoms with Gasteiger partial charge in [0.05, 0.1) is 25.2 Å². The third-order valence-corrected chi connectivity index (χ3v) is 10.6. The van der Waals surface area contributed by atoms with Crippen LogP contribution in [0.4, 0.5) is 0 Å². The van der Waals surface area contributed by atoms with Crippen LogP contribution in [0.2, 0.25) is 0 Å². The number of esters is 1. The van der Waals surface area contributed by atoms with E-state index in [2.05, 4.69) is 99.0 Å². The van der Waals surface area contributed by atoms with Gasteiger partial charge in [0.1, 0.15) is 6.10 Å². The predicted octanol–water partition coefficient (Wildman–Crippen LogP) is 15.4. The number of rotatable bonds is 43. The molecule has 6 nitrogen and oxygen atoms in total. The average molecular weight is 884 g/mol. The minimum atomic E-state index is -0.822. The first-order valence-corrected chi connectivity index (χ1v) is 25.5. The molecule has 0 aromatic carbocycles. The summed E-state index contributed by atoms with van der Waals surface area (Å²) >= 11 is 0. The van der Waals surface area contributed by atoms with Crippen molar-refractivity contribution in [2.45, 2.75) is 212 Å². The highest BCUT2D eigenvalue weighted by molar-refractivity contribution is 5.77. The summed E-state index contributed by atoms with van der Waals surface area (Å²) < 4.78 is 5.88. The van der Waals surface area contributed by atoms with Crippen LogP contribution in [-0.2, 0) is 14.3 Å². The number of hydrogen-bond donors (Lipinski definition) is 3. The maximum absolute atomic E-state index is 13.2. The molecule has 0 aromatic rings. The molecule has 0 aliphatic carbocycles. The van der Waals surface area contributed by atoms with Gasteiger partial charge < -0.3 is 20.3 Å². The molecule has 3 unspecified atom stereocenters. The second kappa shape index (κ2) is 50.0. The van der Waals surface area contributed by atoms with Crippen LogP contribution in [0.3, 0.4) is 0 Å². The fourth-order valence-corrected chi connectivity index (χ4v) is 6.85. The highest BCUT2D eigenvalue weighted by Gasteiger charge is 2.24. The zero-order chi connectivity index (χ0) is 46.7. The van der Waals surface area contributed by atoms with E-state index in [1.165, 1.54) is 51.4 Å². The summed E-state index contributed by atoms with van der Waals surface area (Å²) in [6.07, 6.45) is 70.8. The molecule has 3 N–H and O–H groups in total. The maximum atomic E-state index is 13.2. The Morgan fingerprint density at radius 2 is 0.938 bits per heavy atom. The molecule has 0 aliphatic heterocycles. The largest absolute Gasteiger partial charge is 0.462 e. The Kier molecular flexibility index (Phi) is 46.9. The van der Waals surface area contributed by atoms with Gasteiger partial charge in [0.25, 0.3) is 0 Å². The molecular weight excluding hydrogens is 791 g/mol. The topological polar surface area (TPSA) is 95.9 Å². The Morgan fingerprint density at radius 1 is 0.484 bits per heavy atom. The Balaban J connectivity index is 4.81. The van der Waals surface area contributed by atoms with Crippen molar-refractivity contribution in [3.63, 3.8) is 0 Å². The van der Waals surface area contributed by atoms with Crippen LogP contribution < -0.4 is 5.32 Å². The number of amides is 1. The molecule has 6 heteroatoms. The molecule has 0 saturated heterocycles. The number of carbonyl (C=O) groups excluding carboxylic acids is 2. The average Bonchev–Trinajstić information content (AvgIpc) is 3.29. The first-order chi connectivity index (χ1) is 31.5. The van der Waals surface area contributed by atoms with Crippen LogP contribution >= 0.6 is 0 Å². The zero-order valence-corrected chi connectivity index (χ0v) is 40.9. The number of aliphatic hydroxyl groups is 2. The van der Waals surface area contributed by atoms with E-state index < -0.39 is 18.2 Å². The smallest absolute Gasteiger partial charge is 0.306 e. The second-order valence-electron chi connectivity index (χ2n) is 16.6. The third-order valence-electron chi connectivity index (χ3n) is 10.6. The highest BCUT2D eigenvalue weighted by atomic mass is 16.5.